The van der Waals surface area contributed by atoms with E-state index < -0.39 is 15.4 Å². The minimum atomic E-state index is -3.02. The Kier molecular flexibility index (Phi) is 5.43. The van der Waals surface area contributed by atoms with Gasteiger partial charge in [-0.05, 0) is 37.6 Å². The Balaban J connectivity index is 1.47. The normalized spacial score (nSPS) is 25.8. The molecule has 0 radical (unpaired) electrons. The summed E-state index contributed by atoms with van der Waals surface area (Å²) in [4.78, 5) is 16.7. The van der Waals surface area contributed by atoms with Crippen LogP contribution in [-0.4, -0.2) is 76.1 Å². The molecule has 144 valence electrons. The zero-order valence-corrected chi connectivity index (χ0v) is 16.2. The third-order valence-corrected chi connectivity index (χ3v) is 7.02. The molecule has 1 aromatic carbocycles. The molecule has 2 saturated heterocycles. The second-order valence-corrected chi connectivity index (χ2v) is 9.60. The summed E-state index contributed by atoms with van der Waals surface area (Å²) < 4.78 is 28.5. The van der Waals surface area contributed by atoms with Crippen LogP contribution in [0.15, 0.2) is 24.3 Å². The van der Waals surface area contributed by atoms with E-state index in [4.69, 9.17) is 4.74 Å². The Labute approximate surface area is 155 Å². The summed E-state index contributed by atoms with van der Waals surface area (Å²) in [6, 6.07) is 7.99. The molecule has 1 N–H and O–H groups in total. The average Bonchev–Trinajstić information content (AvgIpc) is 2.88. The molecule has 7 nitrogen and oxygen atoms in total. The maximum absolute atomic E-state index is 12.3. The van der Waals surface area contributed by atoms with Crippen LogP contribution in [0.1, 0.15) is 13.3 Å². The van der Waals surface area contributed by atoms with E-state index in [1.807, 2.05) is 31.2 Å². The number of sulfone groups is 1. The molecule has 2 fully saturated rings. The molecular weight excluding hydrogens is 354 g/mol. The van der Waals surface area contributed by atoms with Crippen LogP contribution in [0.25, 0.3) is 0 Å². The molecule has 8 heteroatoms. The van der Waals surface area contributed by atoms with Crippen molar-refractivity contribution >= 4 is 21.4 Å². The van der Waals surface area contributed by atoms with Crippen molar-refractivity contribution in [2.75, 3.05) is 56.2 Å². The predicted molar refractivity (Wildman–Crippen MR) is 101 cm³/mol. The highest BCUT2D eigenvalue weighted by molar-refractivity contribution is 7.91. The largest absolute Gasteiger partial charge is 0.497 e. The third kappa shape index (κ3) is 4.67. The SMILES string of the molecule is COc1ccc(N2CCN(CC(=O)N[C@@]3(C)CCS(=O)(=O)C3)CC2)cc1. The standard InChI is InChI=1S/C18H27N3O4S/c1-18(7-12-26(23,24)14-18)19-17(22)13-20-8-10-21(11-9-20)15-3-5-16(25-2)6-4-15/h3-6H,7-14H2,1-2H3,(H,19,22)/t18-/m0/s1. The average molecular weight is 381 g/mol. The first-order valence-electron chi connectivity index (χ1n) is 8.91. The number of ether oxygens (including phenoxy) is 1. The van der Waals surface area contributed by atoms with Crippen LogP contribution >= 0.6 is 0 Å². The van der Waals surface area contributed by atoms with Gasteiger partial charge in [-0.15, -0.1) is 0 Å². The third-order valence-electron chi connectivity index (χ3n) is 5.12. The number of hydrogen-bond acceptors (Lipinski definition) is 6. The van der Waals surface area contributed by atoms with E-state index >= 15 is 0 Å². The van der Waals surface area contributed by atoms with E-state index in [-0.39, 0.29) is 17.4 Å². The Hall–Kier alpha value is -1.80. The predicted octanol–water partition coefficient (Wildman–Crippen LogP) is 0.511. The number of methoxy groups -OCH3 is 1. The maximum atomic E-state index is 12.3. The fourth-order valence-corrected chi connectivity index (χ4v) is 5.74. The van der Waals surface area contributed by atoms with Crippen molar-refractivity contribution in [3.8, 4) is 5.75 Å². The number of nitrogens with one attached hydrogen (secondary N) is 1. The van der Waals surface area contributed by atoms with Gasteiger partial charge in [0.15, 0.2) is 9.84 Å². The fraction of sp³-hybridized carbons (Fsp3) is 0.611. The fourth-order valence-electron chi connectivity index (χ4n) is 3.65. The molecule has 2 aliphatic heterocycles. The maximum Gasteiger partial charge on any atom is 0.234 e. The minimum Gasteiger partial charge on any atom is -0.497 e. The molecular formula is C18H27N3O4S. The van der Waals surface area contributed by atoms with Crippen LogP contribution in [-0.2, 0) is 14.6 Å². The van der Waals surface area contributed by atoms with Crippen LogP contribution in [0, 0.1) is 0 Å². The Bertz CT molecular complexity index is 742. The second-order valence-electron chi connectivity index (χ2n) is 7.41. The highest BCUT2D eigenvalue weighted by Gasteiger charge is 2.39. The van der Waals surface area contributed by atoms with E-state index in [0.29, 0.717) is 13.0 Å². The summed E-state index contributed by atoms with van der Waals surface area (Å²) in [5.41, 5.74) is 0.527. The van der Waals surface area contributed by atoms with Crippen LogP contribution in [0.2, 0.25) is 0 Å². The number of benzene rings is 1. The Morgan fingerprint density at radius 1 is 1.19 bits per heavy atom. The topological polar surface area (TPSA) is 79.0 Å². The summed E-state index contributed by atoms with van der Waals surface area (Å²) in [5.74, 6) is 0.940. The van der Waals surface area contributed by atoms with Gasteiger partial charge >= 0.3 is 0 Å². The van der Waals surface area contributed by atoms with Crippen LogP contribution in [0.3, 0.4) is 0 Å². The molecule has 0 spiro atoms. The molecule has 2 aliphatic rings. The van der Waals surface area contributed by atoms with E-state index in [2.05, 4.69) is 15.1 Å². The van der Waals surface area contributed by atoms with Crippen LogP contribution < -0.4 is 15.0 Å². The van der Waals surface area contributed by atoms with Crippen molar-refractivity contribution in [2.45, 2.75) is 18.9 Å². The summed E-state index contributed by atoms with van der Waals surface area (Å²) in [7, 11) is -1.37. The number of carbonyl (C=O) groups excluding carboxylic acids is 1. The van der Waals surface area contributed by atoms with E-state index in [9.17, 15) is 13.2 Å². The summed E-state index contributed by atoms with van der Waals surface area (Å²) in [6.45, 7) is 5.43. The number of hydrogen-bond donors (Lipinski definition) is 1. The second kappa shape index (κ2) is 7.44. The first kappa shape index (κ1) is 19.0. The lowest BCUT2D eigenvalue weighted by atomic mass is 10.0. The smallest absolute Gasteiger partial charge is 0.234 e. The highest BCUT2D eigenvalue weighted by Crippen LogP contribution is 2.23. The number of amides is 1. The summed E-state index contributed by atoms with van der Waals surface area (Å²) >= 11 is 0. The van der Waals surface area contributed by atoms with E-state index in [1.165, 1.54) is 0 Å². The highest BCUT2D eigenvalue weighted by atomic mass is 32.2. The van der Waals surface area contributed by atoms with Crippen molar-refractivity contribution in [3.63, 3.8) is 0 Å². The zero-order valence-electron chi connectivity index (χ0n) is 15.4. The first-order chi connectivity index (χ1) is 12.3. The van der Waals surface area contributed by atoms with Crippen molar-refractivity contribution in [3.05, 3.63) is 24.3 Å². The van der Waals surface area contributed by atoms with Gasteiger partial charge in [0, 0.05) is 31.9 Å². The molecule has 2 heterocycles. The molecule has 26 heavy (non-hydrogen) atoms. The monoisotopic (exact) mass is 381 g/mol. The Morgan fingerprint density at radius 2 is 1.85 bits per heavy atom. The lowest BCUT2D eigenvalue weighted by Gasteiger charge is -2.36. The van der Waals surface area contributed by atoms with Crippen LogP contribution in [0.4, 0.5) is 5.69 Å². The molecule has 0 aromatic heterocycles. The van der Waals surface area contributed by atoms with Crippen molar-refractivity contribution in [2.24, 2.45) is 0 Å². The minimum absolute atomic E-state index is 0.0387. The van der Waals surface area contributed by atoms with Crippen molar-refractivity contribution in [1.29, 1.82) is 0 Å². The number of nitrogens with zero attached hydrogens (tertiary/aromatic N) is 2. The van der Waals surface area contributed by atoms with Gasteiger partial charge in [0.1, 0.15) is 5.75 Å². The Morgan fingerprint density at radius 3 is 2.38 bits per heavy atom. The lowest BCUT2D eigenvalue weighted by molar-refractivity contribution is -0.123. The van der Waals surface area contributed by atoms with E-state index in [0.717, 1.165) is 37.6 Å². The van der Waals surface area contributed by atoms with Gasteiger partial charge in [-0.25, -0.2) is 8.42 Å². The molecule has 0 bridgehead atoms. The first-order valence-corrected chi connectivity index (χ1v) is 10.7. The van der Waals surface area contributed by atoms with E-state index in [1.54, 1.807) is 7.11 Å². The molecule has 1 amide bonds. The van der Waals surface area contributed by atoms with Crippen molar-refractivity contribution in [1.82, 2.24) is 10.2 Å². The summed E-state index contributed by atoms with van der Waals surface area (Å²) in [6.07, 6.45) is 0.492. The number of rotatable bonds is 5. The van der Waals surface area contributed by atoms with Crippen molar-refractivity contribution < 1.29 is 17.9 Å². The van der Waals surface area contributed by atoms with Gasteiger partial charge in [0.2, 0.25) is 5.91 Å². The van der Waals surface area contributed by atoms with Crippen LogP contribution in [0.5, 0.6) is 5.75 Å². The van der Waals surface area contributed by atoms with Gasteiger partial charge in [0.05, 0.1) is 30.7 Å². The molecule has 3 rings (SSSR count). The van der Waals surface area contributed by atoms with Gasteiger partial charge in [-0.3, -0.25) is 9.69 Å². The molecule has 1 atom stereocenters. The molecule has 0 saturated carbocycles. The lowest BCUT2D eigenvalue weighted by Crippen LogP contribution is -2.53. The molecule has 0 unspecified atom stereocenters. The number of carbonyl (C=O) groups is 1. The number of anilines is 1. The number of piperazine rings is 1. The van der Waals surface area contributed by atoms with Gasteiger partial charge < -0.3 is 15.0 Å². The van der Waals surface area contributed by atoms with Gasteiger partial charge in [-0.2, -0.15) is 0 Å². The zero-order chi connectivity index (χ0) is 18.8. The molecule has 1 aromatic rings. The summed E-state index contributed by atoms with van der Waals surface area (Å²) in [5, 5.41) is 2.93. The quantitative estimate of drug-likeness (QED) is 0.801. The van der Waals surface area contributed by atoms with Gasteiger partial charge in [-0.1, -0.05) is 0 Å². The molecule has 0 aliphatic carbocycles. The van der Waals surface area contributed by atoms with Gasteiger partial charge in [0.25, 0.3) is 0 Å².